The topological polar surface area (TPSA) is 42.7 Å². The Kier molecular flexibility index (Phi) is 3.09. The number of benzene rings is 1. The molecule has 2 aromatic heterocycles. The Morgan fingerprint density at radius 1 is 1.26 bits per heavy atom. The molecular weight excluding hydrogens is 260 g/mol. The fourth-order valence-corrected chi connectivity index (χ4v) is 2.27. The van der Waals surface area contributed by atoms with E-state index in [2.05, 4.69) is 15.4 Å². The summed E-state index contributed by atoms with van der Waals surface area (Å²) in [6, 6.07) is 11.9. The number of nitrogens with zero attached hydrogens (tertiary/aromatic N) is 3. The molecule has 3 aromatic rings. The van der Waals surface area contributed by atoms with Crippen LogP contribution in [0.4, 0.5) is 5.82 Å². The average Bonchev–Trinajstić information content (AvgIpc) is 2.82. The molecule has 0 aliphatic rings. The minimum atomic E-state index is 0.519. The van der Waals surface area contributed by atoms with Crippen molar-refractivity contribution in [3.8, 4) is 0 Å². The van der Waals surface area contributed by atoms with Crippen LogP contribution < -0.4 is 5.32 Å². The second-order valence-electron chi connectivity index (χ2n) is 4.32. The number of anilines is 1. The average molecular weight is 273 g/mol. The van der Waals surface area contributed by atoms with Crippen molar-refractivity contribution in [3.63, 3.8) is 0 Å². The Labute approximate surface area is 116 Å². The lowest BCUT2D eigenvalue weighted by Crippen LogP contribution is -2.06. The van der Waals surface area contributed by atoms with E-state index in [1.807, 2.05) is 48.1 Å². The van der Waals surface area contributed by atoms with Crippen molar-refractivity contribution in [1.82, 2.24) is 14.8 Å². The molecule has 0 spiro atoms. The van der Waals surface area contributed by atoms with Gasteiger partial charge in [-0.05, 0) is 17.5 Å². The van der Waals surface area contributed by atoms with Gasteiger partial charge in [-0.15, -0.1) is 0 Å². The quantitative estimate of drug-likeness (QED) is 0.745. The first kappa shape index (κ1) is 12.0. The van der Waals surface area contributed by atoms with Crippen LogP contribution in [-0.2, 0) is 13.6 Å². The molecule has 19 heavy (non-hydrogen) atoms. The highest BCUT2D eigenvalue weighted by atomic mass is 35.5. The number of halogens is 1. The van der Waals surface area contributed by atoms with E-state index in [4.69, 9.17) is 11.6 Å². The fourth-order valence-electron chi connectivity index (χ4n) is 2.00. The normalized spacial score (nSPS) is 10.8. The van der Waals surface area contributed by atoms with Gasteiger partial charge in [0.1, 0.15) is 11.0 Å². The summed E-state index contributed by atoms with van der Waals surface area (Å²) in [6.45, 7) is 0.665. The molecule has 0 atom stereocenters. The molecule has 4 nitrogen and oxygen atoms in total. The van der Waals surface area contributed by atoms with Crippen LogP contribution >= 0.6 is 11.6 Å². The largest absolute Gasteiger partial charge is 0.364 e. The van der Waals surface area contributed by atoms with Gasteiger partial charge in [-0.2, -0.15) is 5.10 Å². The molecular formula is C14H13ClN4. The van der Waals surface area contributed by atoms with Crippen LogP contribution in [0, 0.1) is 0 Å². The number of nitrogens with one attached hydrogen (secondary N) is 1. The molecule has 0 unspecified atom stereocenters. The van der Waals surface area contributed by atoms with Gasteiger partial charge < -0.3 is 5.32 Å². The third-order valence-corrected chi connectivity index (χ3v) is 3.36. The van der Waals surface area contributed by atoms with Crippen LogP contribution in [0.5, 0.6) is 0 Å². The smallest absolute Gasteiger partial charge is 0.139 e. The standard InChI is InChI=1S/C14H13ClN4/c1-19-11(6-7-17-19)9-16-13-8-10-4-2-3-5-12(10)14(15)18-13/h2-8H,9H2,1H3,(H,16,18). The van der Waals surface area contributed by atoms with E-state index >= 15 is 0 Å². The molecule has 1 N–H and O–H groups in total. The number of fused-ring (bicyclic) bond motifs is 1. The Hall–Kier alpha value is -2.07. The lowest BCUT2D eigenvalue weighted by molar-refractivity contribution is 0.720. The SMILES string of the molecule is Cn1nccc1CNc1cc2ccccc2c(Cl)n1. The number of aryl methyl sites for hydroxylation is 1. The highest BCUT2D eigenvalue weighted by Crippen LogP contribution is 2.24. The van der Waals surface area contributed by atoms with Gasteiger partial charge in [0, 0.05) is 18.6 Å². The number of aromatic nitrogens is 3. The number of hydrogen-bond acceptors (Lipinski definition) is 3. The van der Waals surface area contributed by atoms with Gasteiger partial charge in [0.2, 0.25) is 0 Å². The second kappa shape index (κ2) is 4.90. The summed E-state index contributed by atoms with van der Waals surface area (Å²) in [4.78, 5) is 4.36. The Morgan fingerprint density at radius 2 is 2.11 bits per heavy atom. The summed E-state index contributed by atoms with van der Waals surface area (Å²) < 4.78 is 1.83. The third-order valence-electron chi connectivity index (χ3n) is 3.07. The highest BCUT2D eigenvalue weighted by Gasteiger charge is 2.04. The van der Waals surface area contributed by atoms with Crippen molar-refractivity contribution >= 4 is 28.2 Å². The first-order valence-electron chi connectivity index (χ1n) is 6.00. The molecule has 0 aliphatic carbocycles. The highest BCUT2D eigenvalue weighted by molar-refractivity contribution is 6.34. The minimum absolute atomic E-state index is 0.519. The molecule has 96 valence electrons. The first-order valence-corrected chi connectivity index (χ1v) is 6.38. The lowest BCUT2D eigenvalue weighted by Gasteiger charge is -2.08. The van der Waals surface area contributed by atoms with Crippen LogP contribution in [0.2, 0.25) is 5.15 Å². The maximum absolute atomic E-state index is 6.19. The van der Waals surface area contributed by atoms with Crippen molar-refractivity contribution in [2.75, 3.05) is 5.32 Å². The van der Waals surface area contributed by atoms with Crippen LogP contribution in [0.15, 0.2) is 42.6 Å². The van der Waals surface area contributed by atoms with Gasteiger partial charge in [-0.3, -0.25) is 4.68 Å². The molecule has 5 heteroatoms. The first-order chi connectivity index (χ1) is 9.24. The second-order valence-corrected chi connectivity index (χ2v) is 4.68. The van der Waals surface area contributed by atoms with Gasteiger partial charge in [0.05, 0.1) is 12.2 Å². The summed E-state index contributed by atoms with van der Waals surface area (Å²) in [5.41, 5.74) is 1.09. The molecule has 0 saturated heterocycles. The number of hydrogen-bond donors (Lipinski definition) is 1. The van der Waals surface area contributed by atoms with E-state index in [0.29, 0.717) is 11.7 Å². The van der Waals surface area contributed by atoms with E-state index in [0.717, 1.165) is 22.3 Å². The van der Waals surface area contributed by atoms with Crippen molar-refractivity contribution in [3.05, 3.63) is 53.4 Å². The minimum Gasteiger partial charge on any atom is -0.364 e. The van der Waals surface area contributed by atoms with Gasteiger partial charge in [0.25, 0.3) is 0 Å². The fraction of sp³-hybridized carbons (Fsp3) is 0.143. The van der Waals surface area contributed by atoms with Gasteiger partial charge in [-0.1, -0.05) is 35.9 Å². The Balaban J connectivity index is 1.87. The Morgan fingerprint density at radius 3 is 2.89 bits per heavy atom. The van der Waals surface area contributed by atoms with Crippen LogP contribution in [-0.4, -0.2) is 14.8 Å². The van der Waals surface area contributed by atoms with Crippen molar-refractivity contribution in [2.45, 2.75) is 6.54 Å². The Bertz CT molecular complexity index is 720. The molecule has 2 heterocycles. The van der Waals surface area contributed by atoms with Crippen molar-refractivity contribution in [2.24, 2.45) is 7.05 Å². The van der Waals surface area contributed by atoms with E-state index < -0.39 is 0 Å². The molecule has 0 amide bonds. The third kappa shape index (κ3) is 2.39. The molecule has 0 fully saturated rings. The van der Waals surface area contributed by atoms with Crippen molar-refractivity contribution in [1.29, 1.82) is 0 Å². The maximum Gasteiger partial charge on any atom is 0.139 e. The summed E-state index contributed by atoms with van der Waals surface area (Å²) in [6.07, 6.45) is 1.78. The van der Waals surface area contributed by atoms with Crippen molar-refractivity contribution < 1.29 is 0 Å². The van der Waals surface area contributed by atoms with E-state index in [-0.39, 0.29) is 0 Å². The van der Waals surface area contributed by atoms with Gasteiger partial charge in [-0.25, -0.2) is 4.98 Å². The maximum atomic E-state index is 6.19. The van der Waals surface area contributed by atoms with E-state index in [1.165, 1.54) is 0 Å². The molecule has 0 saturated carbocycles. The van der Waals surface area contributed by atoms with Crippen LogP contribution in [0.3, 0.4) is 0 Å². The predicted molar refractivity (Wildman–Crippen MR) is 77.3 cm³/mol. The molecule has 0 bridgehead atoms. The molecule has 0 aliphatic heterocycles. The zero-order chi connectivity index (χ0) is 13.2. The van der Waals surface area contributed by atoms with Gasteiger partial charge >= 0.3 is 0 Å². The lowest BCUT2D eigenvalue weighted by atomic mass is 10.2. The number of pyridine rings is 1. The summed E-state index contributed by atoms with van der Waals surface area (Å²) >= 11 is 6.19. The zero-order valence-electron chi connectivity index (χ0n) is 10.5. The molecule has 0 radical (unpaired) electrons. The van der Waals surface area contributed by atoms with Crippen LogP contribution in [0.1, 0.15) is 5.69 Å². The van der Waals surface area contributed by atoms with Gasteiger partial charge in [0.15, 0.2) is 0 Å². The van der Waals surface area contributed by atoms with E-state index in [9.17, 15) is 0 Å². The monoisotopic (exact) mass is 272 g/mol. The molecule has 3 rings (SSSR count). The summed E-state index contributed by atoms with van der Waals surface area (Å²) in [5.74, 6) is 0.768. The molecule has 1 aromatic carbocycles. The summed E-state index contributed by atoms with van der Waals surface area (Å²) in [5, 5.41) is 9.96. The van der Waals surface area contributed by atoms with E-state index in [1.54, 1.807) is 6.20 Å². The predicted octanol–water partition coefficient (Wildman–Crippen LogP) is 3.23. The summed E-state index contributed by atoms with van der Waals surface area (Å²) in [7, 11) is 1.91. The zero-order valence-corrected chi connectivity index (χ0v) is 11.2. The van der Waals surface area contributed by atoms with Crippen LogP contribution in [0.25, 0.3) is 10.8 Å². The number of rotatable bonds is 3.